The van der Waals surface area contributed by atoms with Crippen LogP contribution in [0.4, 0.5) is 5.69 Å². The minimum Gasteiger partial charge on any atom is -0.369 e. The second-order valence-electron chi connectivity index (χ2n) is 6.18. The summed E-state index contributed by atoms with van der Waals surface area (Å²) in [6.45, 7) is 4.33. The summed E-state index contributed by atoms with van der Waals surface area (Å²) in [5, 5.41) is 0. The molecule has 2 fully saturated rings. The van der Waals surface area contributed by atoms with Crippen LogP contribution < -0.4 is 4.90 Å². The highest BCUT2D eigenvalue weighted by molar-refractivity contribution is 6.21. The molecule has 0 spiro atoms. The lowest BCUT2D eigenvalue weighted by atomic mass is 10.1. The van der Waals surface area contributed by atoms with Crippen molar-refractivity contribution in [2.75, 3.05) is 38.1 Å². The van der Waals surface area contributed by atoms with Crippen LogP contribution >= 0.6 is 0 Å². The summed E-state index contributed by atoms with van der Waals surface area (Å²) in [7, 11) is 1.54. The van der Waals surface area contributed by atoms with Crippen molar-refractivity contribution in [3.8, 4) is 0 Å². The van der Waals surface area contributed by atoms with Crippen molar-refractivity contribution in [2.24, 2.45) is 0 Å². The number of benzene rings is 1. The van der Waals surface area contributed by atoms with Gasteiger partial charge in [0.05, 0.1) is 11.1 Å². The Morgan fingerprint density at radius 2 is 1.86 bits per heavy atom. The zero-order valence-corrected chi connectivity index (χ0v) is 12.2. The molecule has 5 nitrogen and oxygen atoms in total. The Morgan fingerprint density at radius 1 is 1.05 bits per heavy atom. The van der Waals surface area contributed by atoms with E-state index in [1.165, 1.54) is 24.3 Å². The molecule has 3 aliphatic rings. The Kier molecular flexibility index (Phi) is 2.79. The van der Waals surface area contributed by atoms with Gasteiger partial charge in [0.1, 0.15) is 0 Å². The van der Waals surface area contributed by atoms with Crippen molar-refractivity contribution in [1.29, 1.82) is 0 Å². The fourth-order valence-corrected chi connectivity index (χ4v) is 3.77. The minimum atomic E-state index is -0.192. The van der Waals surface area contributed by atoms with Gasteiger partial charge < -0.3 is 4.90 Å². The molecule has 1 aromatic carbocycles. The maximum Gasteiger partial charge on any atom is 0.261 e. The Hall–Kier alpha value is -1.88. The normalized spacial score (nSPS) is 25.5. The van der Waals surface area contributed by atoms with Gasteiger partial charge in [-0.1, -0.05) is 0 Å². The van der Waals surface area contributed by atoms with Crippen LogP contribution in [0.3, 0.4) is 0 Å². The summed E-state index contributed by atoms with van der Waals surface area (Å²) < 4.78 is 0. The van der Waals surface area contributed by atoms with E-state index in [-0.39, 0.29) is 11.8 Å². The highest BCUT2D eigenvalue weighted by atomic mass is 16.2. The van der Waals surface area contributed by atoms with Gasteiger partial charge in [-0.15, -0.1) is 0 Å². The average Bonchev–Trinajstić information content (AvgIpc) is 3.06. The molecule has 4 rings (SSSR count). The molecule has 1 unspecified atom stereocenters. The number of rotatable bonds is 1. The monoisotopic (exact) mass is 285 g/mol. The first-order valence-corrected chi connectivity index (χ1v) is 7.60. The van der Waals surface area contributed by atoms with Crippen LogP contribution in [0.1, 0.15) is 33.6 Å². The number of anilines is 1. The fraction of sp³-hybridized carbons (Fsp3) is 0.500. The van der Waals surface area contributed by atoms with Gasteiger partial charge in [0.2, 0.25) is 0 Å². The molecule has 0 saturated carbocycles. The van der Waals surface area contributed by atoms with Crippen molar-refractivity contribution >= 4 is 17.5 Å². The summed E-state index contributed by atoms with van der Waals surface area (Å²) in [5.41, 5.74) is 2.15. The van der Waals surface area contributed by atoms with Crippen molar-refractivity contribution < 1.29 is 9.59 Å². The van der Waals surface area contributed by atoms with E-state index in [9.17, 15) is 9.59 Å². The van der Waals surface area contributed by atoms with Gasteiger partial charge in [-0.05, 0) is 37.6 Å². The lowest BCUT2D eigenvalue weighted by Crippen LogP contribution is -2.50. The topological polar surface area (TPSA) is 43.9 Å². The Morgan fingerprint density at radius 3 is 2.71 bits per heavy atom. The molecule has 0 aliphatic carbocycles. The summed E-state index contributed by atoms with van der Waals surface area (Å²) in [6.07, 6.45) is 2.56. The third kappa shape index (κ3) is 1.87. The number of nitrogens with zero attached hydrogens (tertiary/aromatic N) is 3. The summed E-state index contributed by atoms with van der Waals surface area (Å²) in [4.78, 5) is 30.1. The molecule has 2 amide bonds. The maximum atomic E-state index is 12.1. The van der Waals surface area contributed by atoms with E-state index in [1.807, 2.05) is 12.1 Å². The van der Waals surface area contributed by atoms with Crippen LogP contribution in [-0.2, 0) is 0 Å². The standard InChI is InChI=1S/C16H19N3O2/c1-17-15(20)13-5-4-11(9-14(13)16(17)21)19-8-7-18-6-2-3-12(18)10-19/h4-5,9,12H,2-3,6-8,10H2,1H3. The second-order valence-corrected chi connectivity index (χ2v) is 6.18. The molecule has 2 saturated heterocycles. The molecule has 0 radical (unpaired) electrons. The number of piperazine rings is 1. The summed E-state index contributed by atoms with van der Waals surface area (Å²) >= 11 is 0. The van der Waals surface area contributed by atoms with E-state index in [2.05, 4.69) is 9.80 Å². The van der Waals surface area contributed by atoms with Gasteiger partial charge >= 0.3 is 0 Å². The van der Waals surface area contributed by atoms with E-state index in [0.29, 0.717) is 17.2 Å². The molecule has 110 valence electrons. The van der Waals surface area contributed by atoms with Crippen LogP contribution in [0.25, 0.3) is 0 Å². The van der Waals surface area contributed by atoms with Gasteiger partial charge in [0.25, 0.3) is 11.8 Å². The fourth-order valence-electron chi connectivity index (χ4n) is 3.77. The average molecular weight is 285 g/mol. The van der Waals surface area contributed by atoms with Crippen molar-refractivity contribution in [3.05, 3.63) is 29.3 Å². The lowest BCUT2D eigenvalue weighted by Gasteiger charge is -2.38. The van der Waals surface area contributed by atoms with E-state index < -0.39 is 0 Å². The molecule has 3 aliphatic heterocycles. The smallest absolute Gasteiger partial charge is 0.261 e. The summed E-state index contributed by atoms with van der Waals surface area (Å²) in [5.74, 6) is -0.376. The molecule has 0 N–H and O–H groups in total. The molecule has 3 heterocycles. The van der Waals surface area contributed by atoms with E-state index in [1.54, 1.807) is 13.1 Å². The van der Waals surface area contributed by atoms with Crippen LogP contribution in [0.5, 0.6) is 0 Å². The largest absolute Gasteiger partial charge is 0.369 e. The third-order valence-corrected chi connectivity index (χ3v) is 5.03. The highest BCUT2D eigenvalue weighted by Crippen LogP contribution is 2.29. The number of hydrogen-bond acceptors (Lipinski definition) is 4. The van der Waals surface area contributed by atoms with Gasteiger partial charge in [-0.3, -0.25) is 19.4 Å². The number of carbonyl (C=O) groups excluding carboxylic acids is 2. The zero-order valence-electron chi connectivity index (χ0n) is 12.2. The molecule has 1 atom stereocenters. The maximum absolute atomic E-state index is 12.1. The van der Waals surface area contributed by atoms with Crippen LogP contribution in [-0.4, -0.2) is 60.9 Å². The summed E-state index contributed by atoms with van der Waals surface area (Å²) in [6, 6.07) is 6.32. The predicted molar refractivity (Wildman–Crippen MR) is 79.7 cm³/mol. The SMILES string of the molecule is CN1C(=O)c2ccc(N3CCN4CCCC4C3)cc2C1=O. The molecular weight excluding hydrogens is 266 g/mol. The molecule has 0 bridgehead atoms. The Balaban J connectivity index is 1.63. The van der Waals surface area contributed by atoms with Gasteiger partial charge in [-0.2, -0.15) is 0 Å². The van der Waals surface area contributed by atoms with Crippen LogP contribution in [0.2, 0.25) is 0 Å². The first-order chi connectivity index (χ1) is 10.1. The van der Waals surface area contributed by atoms with Gasteiger partial charge in [0, 0.05) is 38.4 Å². The van der Waals surface area contributed by atoms with Gasteiger partial charge in [-0.25, -0.2) is 0 Å². The number of amides is 2. The van der Waals surface area contributed by atoms with E-state index in [0.717, 1.165) is 25.3 Å². The molecule has 0 aromatic heterocycles. The Labute approximate surface area is 124 Å². The molecule has 21 heavy (non-hydrogen) atoms. The van der Waals surface area contributed by atoms with Crippen molar-refractivity contribution in [2.45, 2.75) is 18.9 Å². The van der Waals surface area contributed by atoms with Crippen LogP contribution in [0, 0.1) is 0 Å². The van der Waals surface area contributed by atoms with E-state index >= 15 is 0 Å². The van der Waals surface area contributed by atoms with Gasteiger partial charge in [0.15, 0.2) is 0 Å². The number of fused-ring (bicyclic) bond motifs is 2. The first-order valence-electron chi connectivity index (χ1n) is 7.60. The van der Waals surface area contributed by atoms with Crippen LogP contribution in [0.15, 0.2) is 18.2 Å². The minimum absolute atomic E-state index is 0.184. The lowest BCUT2D eigenvalue weighted by molar-refractivity contribution is 0.0693. The zero-order chi connectivity index (χ0) is 14.6. The Bertz CT molecular complexity index is 628. The molecule has 1 aromatic rings. The number of carbonyl (C=O) groups is 2. The molecule has 5 heteroatoms. The third-order valence-electron chi connectivity index (χ3n) is 5.03. The van der Waals surface area contributed by atoms with Crippen molar-refractivity contribution in [3.63, 3.8) is 0 Å². The molecular formula is C16H19N3O2. The second kappa shape index (κ2) is 4.56. The number of imide groups is 1. The highest BCUT2D eigenvalue weighted by Gasteiger charge is 2.34. The van der Waals surface area contributed by atoms with E-state index in [4.69, 9.17) is 0 Å². The predicted octanol–water partition coefficient (Wildman–Crippen LogP) is 1.20. The quantitative estimate of drug-likeness (QED) is 0.727. The number of hydrogen-bond donors (Lipinski definition) is 0. The van der Waals surface area contributed by atoms with Crippen molar-refractivity contribution in [1.82, 2.24) is 9.80 Å². The first kappa shape index (κ1) is 12.8.